The fourth-order valence-electron chi connectivity index (χ4n) is 3.21. The molecule has 17 heavy (non-hydrogen) atoms. The van der Waals surface area contributed by atoms with Gasteiger partial charge < -0.3 is 15.0 Å². The molecule has 0 aromatic carbocycles. The summed E-state index contributed by atoms with van der Waals surface area (Å²) in [6, 6.07) is 0.0949. The lowest BCUT2D eigenvalue weighted by atomic mass is 9.87. The highest BCUT2D eigenvalue weighted by Crippen LogP contribution is 2.38. The molecule has 1 amide bonds. The number of rotatable bonds is 1. The molecule has 0 bridgehead atoms. The molecule has 3 saturated heterocycles. The summed E-state index contributed by atoms with van der Waals surface area (Å²) in [4.78, 5) is 14.3. The van der Waals surface area contributed by atoms with Gasteiger partial charge in [0.05, 0.1) is 12.6 Å². The summed E-state index contributed by atoms with van der Waals surface area (Å²) in [7, 11) is 0. The van der Waals surface area contributed by atoms with Crippen molar-refractivity contribution in [2.75, 3.05) is 32.8 Å². The van der Waals surface area contributed by atoms with E-state index in [4.69, 9.17) is 4.74 Å². The number of hydrogen-bond donors (Lipinski definition) is 1. The first-order valence-corrected chi connectivity index (χ1v) is 6.39. The van der Waals surface area contributed by atoms with E-state index in [2.05, 4.69) is 10.2 Å². The summed E-state index contributed by atoms with van der Waals surface area (Å²) in [5, 5.41) is 3.29. The lowest BCUT2D eigenvalue weighted by molar-refractivity contribution is -0.132. The highest BCUT2D eigenvalue weighted by Gasteiger charge is 2.43. The molecular formula is C12H21ClN2O2. The molecule has 2 atom stereocenters. The summed E-state index contributed by atoms with van der Waals surface area (Å²) >= 11 is 0. The number of nitrogens with one attached hydrogen (secondary N) is 1. The highest BCUT2D eigenvalue weighted by atomic mass is 35.5. The van der Waals surface area contributed by atoms with Gasteiger partial charge in [-0.15, -0.1) is 12.4 Å². The largest absolute Gasteiger partial charge is 0.381 e. The Morgan fingerprint density at radius 3 is 2.94 bits per heavy atom. The van der Waals surface area contributed by atoms with Gasteiger partial charge in [0.1, 0.15) is 0 Å². The zero-order valence-electron chi connectivity index (χ0n) is 10.1. The molecule has 3 heterocycles. The molecule has 3 aliphatic rings. The number of likely N-dealkylation sites (tertiary alicyclic amines) is 1. The van der Waals surface area contributed by atoms with E-state index in [0.29, 0.717) is 11.3 Å². The Balaban J connectivity index is 0.00000108. The van der Waals surface area contributed by atoms with Gasteiger partial charge in [0.2, 0.25) is 5.91 Å². The topological polar surface area (TPSA) is 41.6 Å². The molecule has 1 N–H and O–H groups in total. The van der Waals surface area contributed by atoms with E-state index in [1.54, 1.807) is 0 Å². The maximum absolute atomic E-state index is 12.2. The second kappa shape index (κ2) is 5.12. The van der Waals surface area contributed by atoms with Gasteiger partial charge in [0.25, 0.3) is 0 Å². The van der Waals surface area contributed by atoms with Crippen LogP contribution in [0.5, 0.6) is 0 Å². The van der Waals surface area contributed by atoms with Crippen molar-refractivity contribution in [1.82, 2.24) is 10.2 Å². The second-order valence-electron chi connectivity index (χ2n) is 5.46. The second-order valence-corrected chi connectivity index (χ2v) is 5.46. The normalized spacial score (nSPS) is 36.5. The van der Waals surface area contributed by atoms with Gasteiger partial charge in [-0.1, -0.05) is 0 Å². The molecule has 0 radical (unpaired) electrons. The van der Waals surface area contributed by atoms with Crippen molar-refractivity contribution in [2.45, 2.75) is 31.7 Å². The van der Waals surface area contributed by atoms with Crippen LogP contribution in [0.3, 0.4) is 0 Å². The first-order chi connectivity index (χ1) is 7.79. The van der Waals surface area contributed by atoms with Crippen LogP contribution in [0.25, 0.3) is 0 Å². The molecule has 98 valence electrons. The van der Waals surface area contributed by atoms with Gasteiger partial charge in [-0.05, 0) is 32.2 Å². The monoisotopic (exact) mass is 260 g/mol. The number of ether oxygens (including phenoxy) is 1. The highest BCUT2D eigenvalue weighted by molar-refractivity contribution is 5.85. The third kappa shape index (κ3) is 2.44. The molecule has 1 spiro atoms. The summed E-state index contributed by atoms with van der Waals surface area (Å²) in [6.07, 6.45) is 4.41. The van der Waals surface area contributed by atoms with Crippen molar-refractivity contribution in [3.63, 3.8) is 0 Å². The maximum atomic E-state index is 12.2. The smallest absolute Gasteiger partial charge is 0.239 e. The van der Waals surface area contributed by atoms with E-state index in [9.17, 15) is 4.79 Å². The van der Waals surface area contributed by atoms with E-state index in [1.807, 2.05) is 0 Å². The van der Waals surface area contributed by atoms with Gasteiger partial charge in [0.15, 0.2) is 0 Å². The van der Waals surface area contributed by atoms with Crippen LogP contribution in [0.2, 0.25) is 0 Å². The number of amides is 1. The summed E-state index contributed by atoms with van der Waals surface area (Å²) < 4.78 is 5.48. The van der Waals surface area contributed by atoms with Crippen molar-refractivity contribution < 1.29 is 9.53 Å². The van der Waals surface area contributed by atoms with E-state index in [0.717, 1.165) is 58.5 Å². The molecule has 3 fully saturated rings. The quantitative estimate of drug-likeness (QED) is 0.758. The SMILES string of the molecule is Cl.O=C(C1CCCN1)N1CCC2(CCOC2)C1. The number of halogens is 1. The van der Waals surface area contributed by atoms with Crippen LogP contribution in [0, 0.1) is 5.41 Å². The first-order valence-electron chi connectivity index (χ1n) is 6.39. The molecule has 3 rings (SSSR count). The summed E-state index contributed by atoms with van der Waals surface area (Å²) in [6.45, 7) is 4.58. The predicted octanol–water partition coefficient (Wildman–Crippen LogP) is 0.799. The average Bonchev–Trinajstić information content (AvgIpc) is 3.01. The molecule has 3 aliphatic heterocycles. The molecule has 0 aromatic heterocycles. The van der Waals surface area contributed by atoms with Crippen LogP contribution >= 0.6 is 12.4 Å². The van der Waals surface area contributed by atoms with Crippen LogP contribution in [-0.2, 0) is 9.53 Å². The Kier molecular flexibility index (Phi) is 3.95. The summed E-state index contributed by atoms with van der Waals surface area (Å²) in [5.74, 6) is 0.321. The standard InChI is InChI=1S/C12H20N2O2.ClH/c15-11(10-2-1-5-13-10)14-6-3-12(8-14)4-7-16-9-12;/h10,13H,1-9H2;1H. The molecule has 5 heteroatoms. The third-order valence-electron chi connectivity index (χ3n) is 4.29. The fourth-order valence-corrected chi connectivity index (χ4v) is 3.21. The maximum Gasteiger partial charge on any atom is 0.239 e. The number of carbonyl (C=O) groups is 1. The number of hydrogen-bond acceptors (Lipinski definition) is 3. The van der Waals surface area contributed by atoms with Crippen LogP contribution in [0.1, 0.15) is 25.7 Å². The lowest BCUT2D eigenvalue weighted by Gasteiger charge is -2.24. The molecule has 0 saturated carbocycles. The van der Waals surface area contributed by atoms with Crippen molar-refractivity contribution in [2.24, 2.45) is 5.41 Å². The van der Waals surface area contributed by atoms with Crippen molar-refractivity contribution >= 4 is 18.3 Å². The van der Waals surface area contributed by atoms with Gasteiger partial charge in [-0.25, -0.2) is 0 Å². The number of carbonyl (C=O) groups excluding carboxylic acids is 1. The molecule has 0 aliphatic carbocycles. The van der Waals surface area contributed by atoms with Crippen molar-refractivity contribution in [3.05, 3.63) is 0 Å². The van der Waals surface area contributed by atoms with Crippen molar-refractivity contribution in [3.8, 4) is 0 Å². The first kappa shape index (κ1) is 13.1. The molecule has 0 aromatic rings. The Bertz CT molecular complexity index is 286. The molecular weight excluding hydrogens is 240 g/mol. The Hall–Kier alpha value is -0.320. The van der Waals surface area contributed by atoms with Crippen LogP contribution < -0.4 is 5.32 Å². The Morgan fingerprint density at radius 1 is 1.41 bits per heavy atom. The van der Waals surface area contributed by atoms with Crippen molar-refractivity contribution in [1.29, 1.82) is 0 Å². The van der Waals surface area contributed by atoms with E-state index in [1.165, 1.54) is 0 Å². The minimum atomic E-state index is 0. The number of nitrogens with zero attached hydrogens (tertiary/aromatic N) is 1. The molecule has 4 nitrogen and oxygen atoms in total. The van der Waals surface area contributed by atoms with Gasteiger partial charge in [0, 0.05) is 25.1 Å². The van der Waals surface area contributed by atoms with Gasteiger partial charge in [-0.3, -0.25) is 4.79 Å². The zero-order chi connectivity index (χ0) is 11.0. The van der Waals surface area contributed by atoms with E-state index >= 15 is 0 Å². The van der Waals surface area contributed by atoms with Crippen LogP contribution in [0.4, 0.5) is 0 Å². The minimum absolute atomic E-state index is 0. The van der Waals surface area contributed by atoms with Gasteiger partial charge >= 0.3 is 0 Å². The average molecular weight is 261 g/mol. The van der Waals surface area contributed by atoms with Crippen LogP contribution in [-0.4, -0.2) is 49.7 Å². The minimum Gasteiger partial charge on any atom is -0.381 e. The summed E-state index contributed by atoms with van der Waals surface area (Å²) in [5.41, 5.74) is 0.300. The fraction of sp³-hybridized carbons (Fsp3) is 0.917. The van der Waals surface area contributed by atoms with Crippen LogP contribution in [0.15, 0.2) is 0 Å². The Labute approximate surface area is 108 Å². The zero-order valence-corrected chi connectivity index (χ0v) is 10.9. The van der Waals surface area contributed by atoms with E-state index < -0.39 is 0 Å². The predicted molar refractivity (Wildman–Crippen MR) is 67.3 cm³/mol. The third-order valence-corrected chi connectivity index (χ3v) is 4.29. The Morgan fingerprint density at radius 2 is 2.29 bits per heavy atom. The van der Waals surface area contributed by atoms with Gasteiger partial charge in [-0.2, -0.15) is 0 Å². The lowest BCUT2D eigenvalue weighted by Crippen LogP contribution is -2.43. The van der Waals surface area contributed by atoms with E-state index in [-0.39, 0.29) is 18.4 Å². The molecule has 2 unspecified atom stereocenters.